The van der Waals surface area contributed by atoms with E-state index in [1.54, 1.807) is 6.92 Å². The molecule has 1 atom stereocenters. The molecule has 1 unspecified atom stereocenters. The summed E-state index contributed by atoms with van der Waals surface area (Å²) in [5.74, 6) is -0.366. The monoisotopic (exact) mass is 280 g/mol. The Hall–Kier alpha value is -1.39. The highest BCUT2D eigenvalue weighted by Crippen LogP contribution is 2.19. The van der Waals surface area contributed by atoms with Gasteiger partial charge < -0.3 is 14.2 Å². The van der Waals surface area contributed by atoms with Crippen LogP contribution in [0.2, 0.25) is 0 Å². The number of carbonyl (C=O) groups is 1. The third-order valence-electron chi connectivity index (χ3n) is 2.51. The van der Waals surface area contributed by atoms with Gasteiger partial charge in [-0.15, -0.1) is 0 Å². The molecule has 0 bridgehead atoms. The molecule has 112 valence electrons. The Balaban J connectivity index is 2.58. The summed E-state index contributed by atoms with van der Waals surface area (Å²) in [6.07, 6.45) is -0.695. The Labute approximate surface area is 121 Å². The van der Waals surface area contributed by atoms with E-state index < -0.39 is 6.10 Å². The highest BCUT2D eigenvalue weighted by molar-refractivity contribution is 5.76. The Morgan fingerprint density at radius 1 is 1.15 bits per heavy atom. The standard InChI is InChI=1S/C16H24O4/c1-5-18-15(17)14(13-9-7-6-8-10-13)19-11-12-20-16(2,3)4/h6-10,14H,5,11-12H2,1-4H3. The summed E-state index contributed by atoms with van der Waals surface area (Å²) >= 11 is 0. The van der Waals surface area contributed by atoms with Crippen LogP contribution >= 0.6 is 0 Å². The summed E-state index contributed by atoms with van der Waals surface area (Å²) in [6, 6.07) is 9.35. The maximum Gasteiger partial charge on any atom is 0.339 e. The van der Waals surface area contributed by atoms with Crippen molar-refractivity contribution in [1.29, 1.82) is 0 Å². The van der Waals surface area contributed by atoms with Crippen molar-refractivity contribution in [2.75, 3.05) is 19.8 Å². The highest BCUT2D eigenvalue weighted by Gasteiger charge is 2.22. The quantitative estimate of drug-likeness (QED) is 0.568. The van der Waals surface area contributed by atoms with E-state index in [0.29, 0.717) is 19.8 Å². The molecule has 1 rings (SSSR count). The zero-order valence-electron chi connectivity index (χ0n) is 12.7. The van der Waals surface area contributed by atoms with Crippen molar-refractivity contribution in [2.24, 2.45) is 0 Å². The second kappa shape index (κ2) is 8.02. The highest BCUT2D eigenvalue weighted by atomic mass is 16.6. The smallest absolute Gasteiger partial charge is 0.339 e. The number of carbonyl (C=O) groups excluding carboxylic acids is 1. The first-order valence-electron chi connectivity index (χ1n) is 6.91. The normalized spacial score (nSPS) is 13.0. The average Bonchev–Trinajstić information content (AvgIpc) is 2.38. The van der Waals surface area contributed by atoms with Crippen molar-refractivity contribution in [1.82, 2.24) is 0 Å². The molecule has 0 saturated carbocycles. The van der Waals surface area contributed by atoms with Crippen molar-refractivity contribution in [3.05, 3.63) is 35.9 Å². The lowest BCUT2D eigenvalue weighted by atomic mass is 10.1. The summed E-state index contributed by atoms with van der Waals surface area (Å²) in [6.45, 7) is 8.83. The third kappa shape index (κ3) is 6.17. The topological polar surface area (TPSA) is 44.8 Å². The van der Waals surface area contributed by atoms with Gasteiger partial charge in [-0.3, -0.25) is 0 Å². The molecule has 20 heavy (non-hydrogen) atoms. The molecule has 4 nitrogen and oxygen atoms in total. The van der Waals surface area contributed by atoms with Crippen LogP contribution in [0, 0.1) is 0 Å². The maximum atomic E-state index is 11.9. The fourth-order valence-electron chi connectivity index (χ4n) is 1.66. The predicted octanol–water partition coefficient (Wildman–Crippen LogP) is 3.12. The van der Waals surface area contributed by atoms with Gasteiger partial charge in [0, 0.05) is 0 Å². The number of hydrogen-bond acceptors (Lipinski definition) is 4. The number of ether oxygens (including phenoxy) is 3. The predicted molar refractivity (Wildman–Crippen MR) is 77.5 cm³/mol. The van der Waals surface area contributed by atoms with Crippen LogP contribution in [0.1, 0.15) is 39.4 Å². The molecule has 0 spiro atoms. The van der Waals surface area contributed by atoms with E-state index in [-0.39, 0.29) is 11.6 Å². The van der Waals surface area contributed by atoms with Crippen LogP contribution in [0.3, 0.4) is 0 Å². The van der Waals surface area contributed by atoms with Crippen LogP contribution in [0.15, 0.2) is 30.3 Å². The Morgan fingerprint density at radius 2 is 1.80 bits per heavy atom. The van der Waals surface area contributed by atoms with Crippen molar-refractivity contribution >= 4 is 5.97 Å². The summed E-state index contributed by atoms with van der Waals surface area (Å²) in [4.78, 5) is 11.9. The molecule has 1 aromatic carbocycles. The molecule has 4 heteroatoms. The number of benzene rings is 1. The van der Waals surface area contributed by atoms with Crippen molar-refractivity contribution < 1.29 is 19.0 Å². The molecular weight excluding hydrogens is 256 g/mol. The minimum Gasteiger partial charge on any atom is -0.464 e. The minimum absolute atomic E-state index is 0.213. The van der Waals surface area contributed by atoms with Crippen LogP contribution in [0.25, 0.3) is 0 Å². The van der Waals surface area contributed by atoms with Gasteiger partial charge in [-0.2, -0.15) is 0 Å². The minimum atomic E-state index is -0.695. The largest absolute Gasteiger partial charge is 0.464 e. The van der Waals surface area contributed by atoms with E-state index in [0.717, 1.165) is 5.56 Å². The first kappa shape index (κ1) is 16.7. The van der Waals surface area contributed by atoms with Gasteiger partial charge in [-0.1, -0.05) is 30.3 Å². The van der Waals surface area contributed by atoms with Crippen molar-refractivity contribution in [2.45, 2.75) is 39.4 Å². The molecule has 0 saturated heterocycles. The van der Waals surface area contributed by atoms with Crippen LogP contribution in [-0.4, -0.2) is 31.4 Å². The van der Waals surface area contributed by atoms with Gasteiger partial charge in [0.2, 0.25) is 0 Å². The van der Waals surface area contributed by atoms with Gasteiger partial charge in [0.15, 0.2) is 6.10 Å². The zero-order valence-corrected chi connectivity index (χ0v) is 12.7. The van der Waals surface area contributed by atoms with E-state index in [9.17, 15) is 4.79 Å². The number of esters is 1. The Bertz CT molecular complexity index is 395. The fraction of sp³-hybridized carbons (Fsp3) is 0.562. The molecule has 1 aromatic rings. The van der Waals surface area contributed by atoms with Gasteiger partial charge in [-0.25, -0.2) is 4.79 Å². The van der Waals surface area contributed by atoms with Gasteiger partial charge in [0.25, 0.3) is 0 Å². The molecule has 0 heterocycles. The van der Waals surface area contributed by atoms with E-state index in [1.807, 2.05) is 51.1 Å². The van der Waals surface area contributed by atoms with E-state index >= 15 is 0 Å². The molecule has 0 aliphatic carbocycles. The Morgan fingerprint density at radius 3 is 2.35 bits per heavy atom. The Kier molecular flexibility index (Phi) is 6.68. The van der Waals surface area contributed by atoms with Crippen LogP contribution in [-0.2, 0) is 19.0 Å². The molecule has 0 aliphatic heterocycles. The second-order valence-corrected chi connectivity index (χ2v) is 5.37. The van der Waals surface area contributed by atoms with Crippen LogP contribution < -0.4 is 0 Å². The lowest BCUT2D eigenvalue weighted by Crippen LogP contribution is -2.24. The summed E-state index contributed by atoms with van der Waals surface area (Å²) in [5, 5.41) is 0. The summed E-state index contributed by atoms with van der Waals surface area (Å²) in [5.41, 5.74) is 0.580. The molecule has 0 amide bonds. The lowest BCUT2D eigenvalue weighted by molar-refractivity contribution is -0.159. The van der Waals surface area contributed by atoms with E-state index in [1.165, 1.54) is 0 Å². The van der Waals surface area contributed by atoms with Gasteiger partial charge in [0.05, 0.1) is 25.4 Å². The molecule has 0 fully saturated rings. The van der Waals surface area contributed by atoms with Gasteiger partial charge in [-0.05, 0) is 33.3 Å². The fourth-order valence-corrected chi connectivity index (χ4v) is 1.66. The average molecular weight is 280 g/mol. The third-order valence-corrected chi connectivity index (χ3v) is 2.51. The molecule has 0 aliphatic rings. The van der Waals surface area contributed by atoms with Crippen LogP contribution in [0.5, 0.6) is 0 Å². The van der Waals surface area contributed by atoms with Gasteiger partial charge >= 0.3 is 5.97 Å². The number of hydrogen-bond donors (Lipinski definition) is 0. The van der Waals surface area contributed by atoms with Crippen molar-refractivity contribution in [3.8, 4) is 0 Å². The molecule has 0 aromatic heterocycles. The summed E-state index contributed by atoms with van der Waals surface area (Å²) in [7, 11) is 0. The first-order chi connectivity index (χ1) is 9.44. The zero-order chi connectivity index (χ0) is 15.0. The molecule has 0 N–H and O–H groups in total. The van der Waals surface area contributed by atoms with E-state index in [2.05, 4.69) is 0 Å². The summed E-state index contributed by atoms with van der Waals surface area (Å²) < 4.78 is 16.3. The second-order valence-electron chi connectivity index (χ2n) is 5.37. The van der Waals surface area contributed by atoms with Crippen LogP contribution in [0.4, 0.5) is 0 Å². The first-order valence-corrected chi connectivity index (χ1v) is 6.91. The lowest BCUT2D eigenvalue weighted by Gasteiger charge is -2.21. The number of rotatable bonds is 7. The molecule has 0 radical (unpaired) electrons. The van der Waals surface area contributed by atoms with Crippen molar-refractivity contribution in [3.63, 3.8) is 0 Å². The SMILES string of the molecule is CCOC(=O)C(OCCOC(C)(C)C)c1ccccc1. The molecular formula is C16H24O4. The van der Waals surface area contributed by atoms with E-state index in [4.69, 9.17) is 14.2 Å². The maximum absolute atomic E-state index is 11.9. The van der Waals surface area contributed by atoms with Gasteiger partial charge in [0.1, 0.15) is 0 Å².